The van der Waals surface area contributed by atoms with Crippen molar-refractivity contribution in [1.82, 2.24) is 10.2 Å². The van der Waals surface area contributed by atoms with Crippen LogP contribution in [0.2, 0.25) is 0 Å². The van der Waals surface area contributed by atoms with Gasteiger partial charge in [-0.05, 0) is 36.0 Å². The molecule has 2 aliphatic rings. The zero-order valence-corrected chi connectivity index (χ0v) is 24.0. The van der Waals surface area contributed by atoms with Gasteiger partial charge < -0.3 is 25.0 Å². The number of aliphatic hydroxyl groups excluding tert-OH is 1. The van der Waals surface area contributed by atoms with E-state index in [0.29, 0.717) is 19.0 Å². The minimum absolute atomic E-state index is 0.00274. The number of aliphatic hydroxyl groups is 1. The summed E-state index contributed by atoms with van der Waals surface area (Å²) >= 11 is 0. The Hall–Kier alpha value is -3.04. The number of aliphatic carboxylic acids is 1. The van der Waals surface area contributed by atoms with E-state index >= 15 is 0 Å². The van der Waals surface area contributed by atoms with Crippen molar-refractivity contribution in [3.8, 4) is 0 Å². The Morgan fingerprint density at radius 3 is 2.29 bits per heavy atom. The average molecular weight is 565 g/mol. The molecule has 2 aromatic rings. The summed E-state index contributed by atoms with van der Waals surface area (Å²) in [6, 6.07) is 16.4. The van der Waals surface area contributed by atoms with Gasteiger partial charge in [-0.1, -0.05) is 74.4 Å². The Labute approximate surface area is 243 Å². The van der Waals surface area contributed by atoms with Gasteiger partial charge in [-0.15, -0.1) is 6.58 Å². The quantitative estimate of drug-likeness (QED) is 0.268. The van der Waals surface area contributed by atoms with Crippen LogP contribution in [0.25, 0.3) is 0 Å². The molecule has 0 aromatic heterocycles. The van der Waals surface area contributed by atoms with Gasteiger partial charge in [0.15, 0.2) is 6.29 Å². The Kier molecular flexibility index (Phi) is 11.5. The molecule has 4 rings (SSSR count). The molecule has 1 saturated carbocycles. The summed E-state index contributed by atoms with van der Waals surface area (Å²) in [4.78, 5) is 25.2. The molecule has 8 nitrogen and oxygen atoms in total. The van der Waals surface area contributed by atoms with Crippen LogP contribution in [0.3, 0.4) is 0 Å². The summed E-state index contributed by atoms with van der Waals surface area (Å²) in [5.74, 6) is -0.948. The van der Waals surface area contributed by atoms with Crippen LogP contribution < -0.4 is 5.32 Å². The molecule has 2 aromatic carbocycles. The van der Waals surface area contributed by atoms with Crippen molar-refractivity contribution in [3.63, 3.8) is 0 Å². The lowest BCUT2D eigenvalue weighted by atomic mass is 9.89. The molecule has 1 aliphatic heterocycles. The molecule has 0 bridgehead atoms. The van der Waals surface area contributed by atoms with Gasteiger partial charge >= 0.3 is 5.97 Å². The van der Waals surface area contributed by atoms with E-state index in [1.807, 2.05) is 54.6 Å². The first-order valence-corrected chi connectivity index (χ1v) is 14.8. The van der Waals surface area contributed by atoms with Crippen LogP contribution in [0, 0.1) is 5.92 Å². The Morgan fingerprint density at radius 1 is 1.00 bits per heavy atom. The monoisotopic (exact) mass is 564 g/mol. The summed E-state index contributed by atoms with van der Waals surface area (Å²) in [5.41, 5.74) is 3.78. The van der Waals surface area contributed by atoms with E-state index in [1.54, 1.807) is 0 Å². The maximum absolute atomic E-state index is 12.1. The molecule has 0 spiro atoms. The number of rotatable bonds is 14. The molecular formula is C33H44N2O6. The number of amides is 1. The standard InChI is InChI=1S/C33H44N2O6/c1-3-19-35(28-7-4-5-8-28)21-29-23(2)32(26-15-13-25(22-36)14-16-26)41-33(40-29)27-17-11-24(12-18-27)20-34-30(37)9-6-10-31(38)39/h3,11-18,23,28-29,32-33,36H,1,4-10,19-22H2,2H3,(H,34,37)(H,38,39). The third-order valence-corrected chi connectivity index (χ3v) is 8.28. The summed E-state index contributed by atoms with van der Waals surface area (Å²) < 4.78 is 13.3. The summed E-state index contributed by atoms with van der Waals surface area (Å²) in [6.07, 6.45) is 6.65. The van der Waals surface area contributed by atoms with Gasteiger partial charge in [-0.25, -0.2) is 0 Å². The predicted molar refractivity (Wildman–Crippen MR) is 157 cm³/mol. The van der Waals surface area contributed by atoms with Gasteiger partial charge in [0.05, 0.1) is 18.8 Å². The van der Waals surface area contributed by atoms with E-state index in [0.717, 1.165) is 35.3 Å². The summed E-state index contributed by atoms with van der Waals surface area (Å²) in [7, 11) is 0. The van der Waals surface area contributed by atoms with Crippen molar-refractivity contribution in [2.45, 2.75) is 89.6 Å². The van der Waals surface area contributed by atoms with Gasteiger partial charge in [-0.3, -0.25) is 14.5 Å². The predicted octanol–water partition coefficient (Wildman–Crippen LogP) is 5.27. The Bertz CT molecular complexity index is 1130. The maximum atomic E-state index is 12.1. The molecule has 8 heteroatoms. The second-order valence-electron chi connectivity index (χ2n) is 11.3. The second kappa shape index (κ2) is 15.3. The molecule has 4 atom stereocenters. The number of nitrogens with zero attached hydrogens (tertiary/aromatic N) is 1. The van der Waals surface area contributed by atoms with Gasteiger partial charge in [0, 0.05) is 50.0 Å². The largest absolute Gasteiger partial charge is 0.481 e. The number of carbonyl (C=O) groups is 2. The number of hydrogen-bond acceptors (Lipinski definition) is 6. The highest BCUT2D eigenvalue weighted by Gasteiger charge is 2.40. The highest BCUT2D eigenvalue weighted by atomic mass is 16.7. The number of carboxylic acids is 1. The molecule has 1 aliphatic carbocycles. The Morgan fingerprint density at radius 2 is 1.66 bits per heavy atom. The van der Waals surface area contributed by atoms with Crippen LogP contribution in [0.1, 0.15) is 86.5 Å². The van der Waals surface area contributed by atoms with Crippen LogP contribution in [-0.4, -0.2) is 52.2 Å². The van der Waals surface area contributed by atoms with Crippen LogP contribution in [0.4, 0.5) is 0 Å². The number of hydrogen-bond donors (Lipinski definition) is 3. The fourth-order valence-corrected chi connectivity index (χ4v) is 5.85. The summed E-state index contributed by atoms with van der Waals surface area (Å²) in [5, 5.41) is 21.1. The fraction of sp³-hybridized carbons (Fsp3) is 0.515. The lowest BCUT2D eigenvalue weighted by Gasteiger charge is -2.43. The van der Waals surface area contributed by atoms with Crippen LogP contribution in [0.5, 0.6) is 0 Å². The third kappa shape index (κ3) is 8.72. The van der Waals surface area contributed by atoms with Gasteiger partial charge in [-0.2, -0.15) is 0 Å². The van der Waals surface area contributed by atoms with Gasteiger partial charge in [0.1, 0.15) is 0 Å². The first-order valence-electron chi connectivity index (χ1n) is 14.8. The molecule has 2 fully saturated rings. The van der Waals surface area contributed by atoms with Crippen molar-refractivity contribution in [1.29, 1.82) is 0 Å². The molecular weight excluding hydrogens is 520 g/mol. The molecule has 1 amide bonds. The van der Waals surface area contributed by atoms with Crippen molar-refractivity contribution >= 4 is 11.9 Å². The molecule has 0 radical (unpaired) electrons. The number of carboxylic acid groups (broad SMARTS) is 1. The lowest BCUT2D eigenvalue weighted by molar-refractivity contribution is -0.276. The van der Waals surface area contributed by atoms with E-state index in [-0.39, 0.29) is 43.5 Å². The second-order valence-corrected chi connectivity index (χ2v) is 11.3. The first-order chi connectivity index (χ1) is 19.9. The SMILES string of the molecule is C=CCN(CC1OC(c2ccc(CNC(=O)CCCC(=O)O)cc2)OC(c2ccc(CO)cc2)C1C)C1CCCC1. The highest BCUT2D eigenvalue weighted by molar-refractivity contribution is 5.76. The zero-order valence-electron chi connectivity index (χ0n) is 24.0. The van der Waals surface area contributed by atoms with Crippen LogP contribution >= 0.6 is 0 Å². The van der Waals surface area contributed by atoms with E-state index < -0.39 is 12.3 Å². The zero-order chi connectivity index (χ0) is 29.2. The average Bonchev–Trinajstić information content (AvgIpc) is 3.52. The normalized spacial score (nSPS) is 23.0. The topological polar surface area (TPSA) is 108 Å². The fourth-order valence-electron chi connectivity index (χ4n) is 5.85. The van der Waals surface area contributed by atoms with Crippen molar-refractivity contribution in [2.24, 2.45) is 5.92 Å². The molecule has 3 N–H and O–H groups in total. The highest BCUT2D eigenvalue weighted by Crippen LogP contribution is 2.42. The molecule has 1 heterocycles. The number of nitrogens with one attached hydrogen (secondary N) is 1. The minimum Gasteiger partial charge on any atom is -0.481 e. The first kappa shape index (κ1) is 30.9. The van der Waals surface area contributed by atoms with Crippen molar-refractivity contribution in [3.05, 3.63) is 83.4 Å². The molecule has 222 valence electrons. The number of ether oxygens (including phenoxy) is 2. The van der Waals surface area contributed by atoms with Crippen molar-refractivity contribution in [2.75, 3.05) is 13.1 Å². The van der Waals surface area contributed by atoms with E-state index in [4.69, 9.17) is 14.6 Å². The molecule has 4 unspecified atom stereocenters. The lowest BCUT2D eigenvalue weighted by Crippen LogP contribution is -2.47. The number of carbonyl (C=O) groups excluding carboxylic acids is 1. The van der Waals surface area contributed by atoms with Crippen molar-refractivity contribution < 1.29 is 29.3 Å². The minimum atomic E-state index is -0.895. The Balaban J connectivity index is 1.47. The maximum Gasteiger partial charge on any atom is 0.303 e. The third-order valence-electron chi connectivity index (χ3n) is 8.28. The van der Waals surface area contributed by atoms with Gasteiger partial charge in [0.2, 0.25) is 5.91 Å². The van der Waals surface area contributed by atoms with E-state index in [2.05, 4.69) is 23.7 Å². The van der Waals surface area contributed by atoms with Crippen LogP contribution in [-0.2, 0) is 32.2 Å². The smallest absolute Gasteiger partial charge is 0.303 e. The van der Waals surface area contributed by atoms with Gasteiger partial charge in [0.25, 0.3) is 0 Å². The van der Waals surface area contributed by atoms with E-state index in [9.17, 15) is 14.7 Å². The molecule has 1 saturated heterocycles. The van der Waals surface area contributed by atoms with E-state index in [1.165, 1.54) is 25.7 Å². The number of benzene rings is 2. The summed E-state index contributed by atoms with van der Waals surface area (Å²) in [6.45, 7) is 8.20. The molecule has 41 heavy (non-hydrogen) atoms. The van der Waals surface area contributed by atoms with Crippen LogP contribution in [0.15, 0.2) is 61.2 Å².